The first-order valence-electron chi connectivity index (χ1n) is 4.89. The summed E-state index contributed by atoms with van der Waals surface area (Å²) in [6, 6.07) is 9.57. The Balaban J connectivity index is 2.14. The number of aromatic amines is 1. The summed E-state index contributed by atoms with van der Waals surface area (Å²) in [5.41, 5.74) is 2.01. The van der Waals surface area contributed by atoms with Crippen molar-refractivity contribution in [2.24, 2.45) is 0 Å². The molecular weight excluding hydrogens is 204 g/mol. The summed E-state index contributed by atoms with van der Waals surface area (Å²) in [6.07, 6.45) is 1.44. The van der Waals surface area contributed by atoms with Crippen LogP contribution in [0.5, 0.6) is 0 Å². The first-order valence-corrected chi connectivity index (χ1v) is 4.89. The van der Waals surface area contributed by atoms with Crippen LogP contribution in [0.2, 0.25) is 0 Å². The van der Waals surface area contributed by atoms with Gasteiger partial charge in [-0.2, -0.15) is 0 Å². The smallest absolute Gasteiger partial charge is 0.296 e. The molecule has 78 valence electrons. The van der Waals surface area contributed by atoms with Crippen molar-refractivity contribution < 1.29 is 9.59 Å². The Kier molecular flexibility index (Phi) is 1.71. The Hall–Kier alpha value is -2.36. The lowest BCUT2D eigenvalue weighted by Gasteiger charge is -1.92. The van der Waals surface area contributed by atoms with Crippen molar-refractivity contribution in [3.63, 3.8) is 0 Å². The molecule has 4 nitrogen and oxygen atoms in total. The van der Waals surface area contributed by atoms with Gasteiger partial charge in [0.25, 0.3) is 11.7 Å². The molecule has 4 heteroatoms. The standard InChI is InChI=1S/C12H8N2O2/c15-11-8(6-13-12(11)16)10-5-7-3-1-2-4-9(7)14-10/h1-6,14H,(H,13,15,16). The summed E-state index contributed by atoms with van der Waals surface area (Å²) in [4.78, 5) is 25.6. The molecule has 1 aliphatic heterocycles. The second-order valence-corrected chi connectivity index (χ2v) is 3.63. The number of H-pyrrole nitrogens is 1. The molecule has 0 atom stereocenters. The van der Waals surface area contributed by atoms with Crippen LogP contribution in [-0.2, 0) is 9.59 Å². The van der Waals surface area contributed by atoms with Crippen LogP contribution in [0.25, 0.3) is 16.5 Å². The number of carbonyl (C=O) groups is 2. The lowest BCUT2D eigenvalue weighted by Crippen LogP contribution is -2.18. The fraction of sp³-hybridized carbons (Fsp3) is 0. The van der Waals surface area contributed by atoms with E-state index in [0.717, 1.165) is 10.9 Å². The van der Waals surface area contributed by atoms with Gasteiger partial charge in [-0.05, 0) is 12.1 Å². The van der Waals surface area contributed by atoms with E-state index in [-0.39, 0.29) is 0 Å². The molecule has 0 aliphatic carbocycles. The number of carbonyl (C=O) groups excluding carboxylic acids is 2. The van der Waals surface area contributed by atoms with Gasteiger partial charge in [-0.1, -0.05) is 18.2 Å². The molecule has 2 heterocycles. The minimum Gasteiger partial charge on any atom is -0.354 e. The van der Waals surface area contributed by atoms with E-state index in [1.807, 2.05) is 30.3 Å². The molecular formula is C12H8N2O2. The zero-order valence-corrected chi connectivity index (χ0v) is 8.28. The van der Waals surface area contributed by atoms with Gasteiger partial charge in [0, 0.05) is 17.1 Å². The quantitative estimate of drug-likeness (QED) is 0.698. The van der Waals surface area contributed by atoms with Gasteiger partial charge in [-0.3, -0.25) is 9.59 Å². The number of para-hydroxylation sites is 1. The first kappa shape index (κ1) is 8.91. The number of hydrogen-bond acceptors (Lipinski definition) is 2. The SMILES string of the molecule is O=C1NC=C(c2cc3ccccc3[nH]2)C1=O. The molecule has 1 aromatic carbocycles. The monoisotopic (exact) mass is 212 g/mol. The summed E-state index contributed by atoms with van der Waals surface area (Å²) in [5, 5.41) is 3.41. The molecule has 2 aromatic rings. The van der Waals surface area contributed by atoms with Gasteiger partial charge in [0.1, 0.15) is 0 Å². The van der Waals surface area contributed by atoms with Crippen LogP contribution in [-0.4, -0.2) is 16.7 Å². The van der Waals surface area contributed by atoms with Crippen LogP contribution < -0.4 is 5.32 Å². The third kappa shape index (κ3) is 1.16. The molecule has 1 amide bonds. The van der Waals surface area contributed by atoms with Crippen molar-refractivity contribution in [2.75, 3.05) is 0 Å². The Morgan fingerprint density at radius 3 is 2.56 bits per heavy atom. The average Bonchev–Trinajstić information content (AvgIpc) is 2.84. The van der Waals surface area contributed by atoms with Crippen LogP contribution in [0, 0.1) is 0 Å². The lowest BCUT2D eigenvalue weighted by atomic mass is 10.1. The molecule has 1 aliphatic rings. The second kappa shape index (κ2) is 3.06. The number of nitrogens with one attached hydrogen (secondary N) is 2. The van der Waals surface area contributed by atoms with Crippen molar-refractivity contribution in [2.45, 2.75) is 0 Å². The minimum absolute atomic E-state index is 0.390. The molecule has 0 saturated heterocycles. The Morgan fingerprint density at radius 1 is 1.06 bits per heavy atom. The molecule has 16 heavy (non-hydrogen) atoms. The van der Waals surface area contributed by atoms with Gasteiger partial charge >= 0.3 is 0 Å². The summed E-state index contributed by atoms with van der Waals surface area (Å²) in [6.45, 7) is 0. The molecule has 0 spiro atoms. The normalized spacial score (nSPS) is 15.4. The zero-order valence-electron chi connectivity index (χ0n) is 8.28. The van der Waals surface area contributed by atoms with E-state index in [4.69, 9.17) is 0 Å². The number of benzene rings is 1. The molecule has 2 N–H and O–H groups in total. The van der Waals surface area contributed by atoms with Crippen LogP contribution >= 0.6 is 0 Å². The highest BCUT2D eigenvalue weighted by Gasteiger charge is 2.26. The molecule has 0 unspecified atom stereocenters. The maximum absolute atomic E-state index is 11.5. The average molecular weight is 212 g/mol. The third-order valence-electron chi connectivity index (χ3n) is 2.62. The van der Waals surface area contributed by atoms with Crippen molar-refractivity contribution in [3.05, 3.63) is 42.2 Å². The molecule has 0 fully saturated rings. The molecule has 1 aromatic heterocycles. The van der Waals surface area contributed by atoms with E-state index in [1.165, 1.54) is 6.20 Å². The van der Waals surface area contributed by atoms with Crippen molar-refractivity contribution in [1.29, 1.82) is 0 Å². The highest BCUT2D eigenvalue weighted by molar-refractivity contribution is 6.56. The number of rotatable bonds is 1. The number of amides is 1. The Morgan fingerprint density at radius 2 is 1.88 bits per heavy atom. The van der Waals surface area contributed by atoms with Gasteiger partial charge in [-0.25, -0.2) is 0 Å². The van der Waals surface area contributed by atoms with E-state index in [9.17, 15) is 9.59 Å². The molecule has 0 radical (unpaired) electrons. The predicted molar refractivity (Wildman–Crippen MR) is 59.4 cm³/mol. The van der Waals surface area contributed by atoms with Gasteiger partial charge in [0.2, 0.25) is 0 Å². The Bertz CT molecular complexity index is 604. The van der Waals surface area contributed by atoms with E-state index in [1.54, 1.807) is 0 Å². The van der Waals surface area contributed by atoms with Crippen LogP contribution in [0.1, 0.15) is 5.69 Å². The highest BCUT2D eigenvalue weighted by atomic mass is 16.2. The van der Waals surface area contributed by atoms with E-state index >= 15 is 0 Å². The number of Topliss-reactive ketones (excluding diaryl/α,β-unsaturated/α-hetero) is 1. The van der Waals surface area contributed by atoms with E-state index in [0.29, 0.717) is 11.3 Å². The fourth-order valence-corrected chi connectivity index (χ4v) is 1.81. The van der Waals surface area contributed by atoms with E-state index in [2.05, 4.69) is 10.3 Å². The first-order chi connectivity index (χ1) is 7.75. The second-order valence-electron chi connectivity index (χ2n) is 3.63. The fourth-order valence-electron chi connectivity index (χ4n) is 1.81. The minimum atomic E-state index is -0.575. The Labute approximate surface area is 91.0 Å². The number of ketones is 1. The summed E-state index contributed by atoms with van der Waals surface area (Å²) < 4.78 is 0. The summed E-state index contributed by atoms with van der Waals surface area (Å²) in [7, 11) is 0. The number of aromatic nitrogens is 1. The number of fused-ring (bicyclic) bond motifs is 1. The lowest BCUT2D eigenvalue weighted by molar-refractivity contribution is -0.133. The van der Waals surface area contributed by atoms with Crippen molar-refractivity contribution in [1.82, 2.24) is 10.3 Å². The van der Waals surface area contributed by atoms with Crippen LogP contribution in [0.3, 0.4) is 0 Å². The summed E-state index contributed by atoms with van der Waals surface area (Å²) >= 11 is 0. The molecule has 0 saturated carbocycles. The van der Waals surface area contributed by atoms with Crippen LogP contribution in [0.15, 0.2) is 36.5 Å². The van der Waals surface area contributed by atoms with Gasteiger partial charge in [0.05, 0.1) is 11.3 Å². The number of hydrogen-bond donors (Lipinski definition) is 2. The van der Waals surface area contributed by atoms with Gasteiger partial charge in [0.15, 0.2) is 0 Å². The largest absolute Gasteiger partial charge is 0.354 e. The van der Waals surface area contributed by atoms with E-state index < -0.39 is 11.7 Å². The summed E-state index contributed by atoms with van der Waals surface area (Å²) in [5.74, 6) is -1.07. The maximum Gasteiger partial charge on any atom is 0.296 e. The molecule has 0 bridgehead atoms. The van der Waals surface area contributed by atoms with Crippen LogP contribution in [0.4, 0.5) is 0 Å². The third-order valence-corrected chi connectivity index (χ3v) is 2.62. The predicted octanol–water partition coefficient (Wildman–Crippen LogP) is 1.21. The van der Waals surface area contributed by atoms with Crippen molar-refractivity contribution in [3.8, 4) is 0 Å². The topological polar surface area (TPSA) is 62.0 Å². The zero-order chi connectivity index (χ0) is 11.1. The van der Waals surface area contributed by atoms with Crippen molar-refractivity contribution >= 4 is 28.2 Å². The van der Waals surface area contributed by atoms with Gasteiger partial charge in [-0.15, -0.1) is 0 Å². The highest BCUT2D eigenvalue weighted by Crippen LogP contribution is 2.22. The van der Waals surface area contributed by atoms with Gasteiger partial charge < -0.3 is 10.3 Å². The maximum atomic E-state index is 11.5. The molecule has 3 rings (SSSR count).